The number of nitrogens with one attached hydrogen (secondary N) is 1. The van der Waals surface area contributed by atoms with E-state index in [0.717, 1.165) is 5.56 Å². The molecule has 1 aromatic carbocycles. The number of hydrogen-bond acceptors (Lipinski definition) is 3. The third kappa shape index (κ3) is 3.64. The van der Waals surface area contributed by atoms with Gasteiger partial charge in [0.1, 0.15) is 0 Å². The van der Waals surface area contributed by atoms with Gasteiger partial charge in [0.05, 0.1) is 19.3 Å². The lowest BCUT2D eigenvalue weighted by molar-refractivity contribution is 0.170. The zero-order valence-electron chi connectivity index (χ0n) is 7.78. The molecule has 0 unspecified atom stereocenters. The summed E-state index contributed by atoms with van der Waals surface area (Å²) >= 11 is 5.80. The van der Waals surface area contributed by atoms with Crippen molar-refractivity contribution in [2.75, 3.05) is 13.2 Å². The Hall–Kier alpha value is -0.610. The topological polar surface area (TPSA) is 52.5 Å². The second-order valence-corrected chi connectivity index (χ2v) is 3.51. The normalized spacial score (nSPS) is 10.9. The third-order valence-corrected chi connectivity index (χ3v) is 2.16. The zero-order valence-corrected chi connectivity index (χ0v) is 8.54. The maximum atomic E-state index is 8.81. The van der Waals surface area contributed by atoms with Crippen molar-refractivity contribution in [1.29, 1.82) is 0 Å². The standard InChI is InChI=1S/C10H14ClNO2/c11-9-3-1-2-8(4-9)5-12-10(6-13)7-14/h1-4,10,12-14H,5-7H2. The van der Waals surface area contributed by atoms with E-state index >= 15 is 0 Å². The first-order valence-corrected chi connectivity index (χ1v) is 4.83. The van der Waals surface area contributed by atoms with Gasteiger partial charge >= 0.3 is 0 Å². The summed E-state index contributed by atoms with van der Waals surface area (Å²) in [5.41, 5.74) is 1.03. The zero-order chi connectivity index (χ0) is 10.4. The molecular formula is C10H14ClNO2. The van der Waals surface area contributed by atoms with Gasteiger partial charge < -0.3 is 15.5 Å². The molecule has 0 saturated carbocycles. The first kappa shape index (κ1) is 11.5. The molecule has 0 aromatic heterocycles. The summed E-state index contributed by atoms with van der Waals surface area (Å²) in [6, 6.07) is 7.19. The molecule has 0 heterocycles. The van der Waals surface area contributed by atoms with Crippen LogP contribution in [0.4, 0.5) is 0 Å². The minimum atomic E-state index is -0.269. The Morgan fingerprint density at radius 1 is 1.29 bits per heavy atom. The van der Waals surface area contributed by atoms with Gasteiger partial charge in [-0.3, -0.25) is 0 Å². The molecule has 0 amide bonds. The van der Waals surface area contributed by atoms with Gasteiger partial charge in [0.15, 0.2) is 0 Å². The summed E-state index contributed by atoms with van der Waals surface area (Å²) in [6.07, 6.45) is 0. The van der Waals surface area contributed by atoms with Crippen LogP contribution in [0.2, 0.25) is 5.02 Å². The molecule has 1 rings (SSSR count). The highest BCUT2D eigenvalue weighted by Crippen LogP contribution is 2.10. The summed E-state index contributed by atoms with van der Waals surface area (Å²) in [4.78, 5) is 0. The van der Waals surface area contributed by atoms with Crippen LogP contribution in [0.1, 0.15) is 5.56 Å². The number of rotatable bonds is 5. The van der Waals surface area contributed by atoms with Crippen molar-refractivity contribution in [1.82, 2.24) is 5.32 Å². The van der Waals surface area contributed by atoms with E-state index < -0.39 is 0 Å². The van der Waals surface area contributed by atoms with Crippen molar-refractivity contribution in [3.05, 3.63) is 34.9 Å². The molecule has 14 heavy (non-hydrogen) atoms. The Labute approximate surface area is 88.3 Å². The molecule has 78 valence electrons. The Kier molecular flexibility index (Phi) is 4.90. The van der Waals surface area contributed by atoms with Crippen LogP contribution in [0.15, 0.2) is 24.3 Å². The Morgan fingerprint density at radius 3 is 2.57 bits per heavy atom. The maximum absolute atomic E-state index is 8.81. The Balaban J connectivity index is 2.44. The van der Waals surface area contributed by atoms with Crippen LogP contribution in [0, 0.1) is 0 Å². The number of aliphatic hydroxyl groups excluding tert-OH is 2. The summed E-state index contributed by atoms with van der Waals surface area (Å²) in [6.45, 7) is 0.445. The smallest absolute Gasteiger partial charge is 0.0607 e. The van der Waals surface area contributed by atoms with Crippen molar-refractivity contribution in [2.45, 2.75) is 12.6 Å². The first-order valence-electron chi connectivity index (χ1n) is 4.46. The highest BCUT2D eigenvalue weighted by Gasteiger charge is 2.03. The van der Waals surface area contributed by atoms with Crippen LogP contribution >= 0.6 is 11.6 Å². The van der Waals surface area contributed by atoms with Gasteiger partial charge in [-0.25, -0.2) is 0 Å². The van der Waals surface area contributed by atoms with E-state index in [1.54, 1.807) is 6.07 Å². The number of halogens is 1. The third-order valence-electron chi connectivity index (χ3n) is 1.92. The van der Waals surface area contributed by atoms with Crippen molar-refractivity contribution in [2.24, 2.45) is 0 Å². The summed E-state index contributed by atoms with van der Waals surface area (Å²) in [5, 5.41) is 21.3. The summed E-state index contributed by atoms with van der Waals surface area (Å²) < 4.78 is 0. The molecule has 0 spiro atoms. The van der Waals surface area contributed by atoms with E-state index in [4.69, 9.17) is 21.8 Å². The predicted molar refractivity (Wildman–Crippen MR) is 56.3 cm³/mol. The van der Waals surface area contributed by atoms with Crippen molar-refractivity contribution < 1.29 is 10.2 Å². The second kappa shape index (κ2) is 5.98. The predicted octanol–water partition coefficient (Wildman–Crippen LogP) is 0.783. The highest BCUT2D eigenvalue weighted by molar-refractivity contribution is 6.30. The van der Waals surface area contributed by atoms with Gasteiger partial charge in [-0.05, 0) is 17.7 Å². The van der Waals surface area contributed by atoms with Crippen molar-refractivity contribution in [3.63, 3.8) is 0 Å². The number of benzene rings is 1. The van der Waals surface area contributed by atoms with Gasteiger partial charge in [0.25, 0.3) is 0 Å². The fourth-order valence-electron chi connectivity index (χ4n) is 1.10. The SMILES string of the molecule is OCC(CO)NCc1cccc(Cl)c1. The first-order chi connectivity index (χ1) is 6.76. The molecule has 0 fully saturated rings. The van der Waals surface area contributed by atoms with Crippen LogP contribution in [-0.2, 0) is 6.54 Å². The average Bonchev–Trinajstić information content (AvgIpc) is 2.19. The van der Waals surface area contributed by atoms with Crippen molar-refractivity contribution >= 4 is 11.6 Å². The average molecular weight is 216 g/mol. The molecular weight excluding hydrogens is 202 g/mol. The fraction of sp³-hybridized carbons (Fsp3) is 0.400. The Morgan fingerprint density at radius 2 is 2.00 bits per heavy atom. The molecule has 0 aliphatic rings. The molecule has 0 aliphatic carbocycles. The molecule has 0 saturated heterocycles. The molecule has 0 atom stereocenters. The lowest BCUT2D eigenvalue weighted by Gasteiger charge is -2.13. The number of aliphatic hydroxyl groups is 2. The lowest BCUT2D eigenvalue weighted by atomic mass is 10.2. The van der Waals surface area contributed by atoms with Gasteiger partial charge in [-0.1, -0.05) is 23.7 Å². The summed E-state index contributed by atoms with van der Waals surface area (Å²) in [7, 11) is 0. The molecule has 3 N–H and O–H groups in total. The maximum Gasteiger partial charge on any atom is 0.0607 e. The van der Waals surface area contributed by atoms with Crippen LogP contribution in [0.5, 0.6) is 0 Å². The molecule has 1 aromatic rings. The van der Waals surface area contributed by atoms with Gasteiger partial charge in [-0.2, -0.15) is 0 Å². The molecule has 3 nitrogen and oxygen atoms in total. The minimum Gasteiger partial charge on any atom is -0.395 e. The molecule has 0 aliphatic heterocycles. The largest absolute Gasteiger partial charge is 0.395 e. The monoisotopic (exact) mass is 215 g/mol. The van der Waals surface area contributed by atoms with E-state index in [1.165, 1.54) is 0 Å². The second-order valence-electron chi connectivity index (χ2n) is 3.07. The van der Waals surface area contributed by atoms with Crippen LogP contribution in [0.25, 0.3) is 0 Å². The van der Waals surface area contributed by atoms with Gasteiger partial charge in [0.2, 0.25) is 0 Å². The van der Waals surface area contributed by atoms with Gasteiger partial charge in [-0.15, -0.1) is 0 Å². The molecule has 0 bridgehead atoms. The number of hydrogen-bond donors (Lipinski definition) is 3. The van der Waals surface area contributed by atoms with Crippen LogP contribution in [0.3, 0.4) is 0 Å². The fourth-order valence-corrected chi connectivity index (χ4v) is 1.31. The van der Waals surface area contributed by atoms with Crippen molar-refractivity contribution in [3.8, 4) is 0 Å². The Bertz CT molecular complexity index is 277. The van der Waals surface area contributed by atoms with E-state index in [9.17, 15) is 0 Å². The summed E-state index contributed by atoms with van der Waals surface area (Å²) in [5.74, 6) is 0. The van der Waals surface area contributed by atoms with Gasteiger partial charge in [0, 0.05) is 11.6 Å². The van der Waals surface area contributed by atoms with Crippen LogP contribution in [-0.4, -0.2) is 29.5 Å². The van der Waals surface area contributed by atoms with E-state index in [2.05, 4.69) is 5.32 Å². The van der Waals surface area contributed by atoms with Crippen LogP contribution < -0.4 is 5.32 Å². The highest BCUT2D eigenvalue weighted by atomic mass is 35.5. The lowest BCUT2D eigenvalue weighted by Crippen LogP contribution is -2.35. The van der Waals surface area contributed by atoms with E-state index in [0.29, 0.717) is 11.6 Å². The molecule has 4 heteroatoms. The quantitative estimate of drug-likeness (QED) is 0.681. The minimum absolute atomic E-state index is 0.0724. The van der Waals surface area contributed by atoms with E-state index in [1.807, 2.05) is 18.2 Å². The molecule has 0 radical (unpaired) electrons. The van der Waals surface area contributed by atoms with E-state index in [-0.39, 0.29) is 19.3 Å².